The summed E-state index contributed by atoms with van der Waals surface area (Å²) in [5.41, 5.74) is -5.47. The van der Waals surface area contributed by atoms with Gasteiger partial charge < -0.3 is 14.8 Å². The molecule has 0 aliphatic heterocycles. The van der Waals surface area contributed by atoms with Crippen LogP contribution in [0.3, 0.4) is 0 Å². The number of aromatic nitrogens is 1. The monoisotopic (exact) mass is 291 g/mol. The molecule has 1 heterocycles. The highest BCUT2D eigenvalue weighted by Crippen LogP contribution is 2.34. The summed E-state index contributed by atoms with van der Waals surface area (Å²) in [6.07, 6.45) is -10.8. The molecule has 0 aromatic carbocycles. The molecule has 0 aliphatic rings. The first-order chi connectivity index (χ1) is 8.43. The molecule has 2 N–H and O–H groups in total. The summed E-state index contributed by atoms with van der Waals surface area (Å²) in [7, 11) is 0. The maximum atomic E-state index is 12.4. The molecular weight excluding hydrogens is 288 g/mol. The van der Waals surface area contributed by atoms with Crippen molar-refractivity contribution in [2.75, 3.05) is 0 Å². The fourth-order valence-electron chi connectivity index (χ4n) is 1.09. The van der Waals surface area contributed by atoms with Crippen LogP contribution in [0.2, 0.25) is 0 Å². The number of hydrogen-bond acceptors (Lipinski definition) is 3. The maximum Gasteiger partial charge on any atom is 0.573 e. The smallest absolute Gasteiger partial charge is 0.477 e. The molecule has 1 aromatic rings. The summed E-state index contributed by atoms with van der Waals surface area (Å²) in [4.78, 5) is 23.0. The molecule has 0 unspecified atom stereocenters. The number of rotatable bonds is 2. The van der Waals surface area contributed by atoms with Crippen LogP contribution in [-0.2, 0) is 6.18 Å². The van der Waals surface area contributed by atoms with E-state index in [0.29, 0.717) is 0 Å². The van der Waals surface area contributed by atoms with Crippen molar-refractivity contribution < 1.29 is 41.0 Å². The number of H-pyrrole nitrogens is 1. The number of carboxylic acid groups (broad SMARTS) is 1. The van der Waals surface area contributed by atoms with Crippen molar-refractivity contribution in [1.82, 2.24) is 4.98 Å². The molecular formula is C8H3F6NO4. The Balaban J connectivity index is 3.56. The van der Waals surface area contributed by atoms with Crippen LogP contribution in [0.4, 0.5) is 26.3 Å². The molecule has 0 spiro atoms. The molecule has 0 saturated heterocycles. The molecule has 0 saturated carbocycles. The highest BCUT2D eigenvalue weighted by Gasteiger charge is 2.42. The predicted octanol–water partition coefficient (Wildman–Crippen LogP) is 1.99. The van der Waals surface area contributed by atoms with Gasteiger partial charge in [0.15, 0.2) is 5.69 Å². The van der Waals surface area contributed by atoms with Gasteiger partial charge in [-0.2, -0.15) is 13.2 Å². The molecule has 19 heavy (non-hydrogen) atoms. The first-order valence-electron chi connectivity index (χ1n) is 4.25. The third-order valence-corrected chi connectivity index (χ3v) is 1.77. The predicted molar refractivity (Wildman–Crippen MR) is 45.7 cm³/mol. The molecule has 1 aromatic heterocycles. The number of ether oxygens (including phenoxy) is 1. The van der Waals surface area contributed by atoms with E-state index >= 15 is 0 Å². The van der Waals surface area contributed by atoms with Crippen LogP contribution in [0.1, 0.15) is 16.1 Å². The Morgan fingerprint density at radius 3 is 2.11 bits per heavy atom. The number of alkyl halides is 6. The minimum absolute atomic E-state index is 0.136. The fourth-order valence-corrected chi connectivity index (χ4v) is 1.09. The van der Waals surface area contributed by atoms with Crippen molar-refractivity contribution >= 4 is 5.97 Å². The second kappa shape index (κ2) is 4.48. The minimum atomic E-state index is -5.58. The van der Waals surface area contributed by atoms with Crippen LogP contribution < -0.4 is 10.2 Å². The van der Waals surface area contributed by atoms with Gasteiger partial charge in [0, 0.05) is 6.20 Å². The number of nitrogens with one attached hydrogen (secondary N) is 1. The molecule has 0 fully saturated rings. The van der Waals surface area contributed by atoms with Gasteiger partial charge >= 0.3 is 18.5 Å². The second-order valence-corrected chi connectivity index (χ2v) is 3.09. The van der Waals surface area contributed by atoms with Gasteiger partial charge in [0.2, 0.25) is 11.2 Å². The maximum absolute atomic E-state index is 12.4. The number of hydrogen-bond donors (Lipinski definition) is 2. The number of pyridine rings is 1. The Kier molecular flexibility index (Phi) is 3.50. The van der Waals surface area contributed by atoms with Crippen molar-refractivity contribution in [2.45, 2.75) is 12.5 Å². The van der Waals surface area contributed by atoms with Crippen molar-refractivity contribution in [2.24, 2.45) is 0 Å². The summed E-state index contributed by atoms with van der Waals surface area (Å²) >= 11 is 0. The Morgan fingerprint density at radius 1 is 1.21 bits per heavy atom. The number of aromatic carboxylic acids is 1. The Morgan fingerprint density at radius 2 is 1.74 bits per heavy atom. The van der Waals surface area contributed by atoms with Gasteiger partial charge in [0.25, 0.3) is 0 Å². The van der Waals surface area contributed by atoms with Gasteiger partial charge in [-0.3, -0.25) is 4.79 Å². The lowest BCUT2D eigenvalue weighted by atomic mass is 10.2. The zero-order chi connectivity index (χ0) is 15.0. The second-order valence-electron chi connectivity index (χ2n) is 3.09. The molecule has 106 valence electrons. The normalized spacial score (nSPS) is 12.3. The Bertz CT molecular complexity index is 558. The van der Waals surface area contributed by atoms with Crippen molar-refractivity contribution in [3.8, 4) is 5.75 Å². The Labute approximate surface area is 99.0 Å². The van der Waals surface area contributed by atoms with Crippen LogP contribution in [0.25, 0.3) is 0 Å². The highest BCUT2D eigenvalue weighted by atomic mass is 19.4. The summed E-state index contributed by atoms with van der Waals surface area (Å²) in [6, 6.07) is 0. The molecule has 0 radical (unpaired) electrons. The fraction of sp³-hybridized carbons (Fsp3) is 0.250. The highest BCUT2D eigenvalue weighted by molar-refractivity contribution is 5.87. The molecule has 0 aliphatic carbocycles. The average molecular weight is 291 g/mol. The standard InChI is InChI=1S/C8H3F6NO4/c9-7(10,11)5-4(19-8(12,13)14)3(16)2(1-15-5)6(17)18/h1H,(H,15,16)(H,17,18). The van der Waals surface area contributed by atoms with Crippen molar-refractivity contribution in [1.29, 1.82) is 0 Å². The van der Waals surface area contributed by atoms with Gasteiger partial charge in [-0.15, -0.1) is 13.2 Å². The van der Waals surface area contributed by atoms with E-state index in [9.17, 15) is 35.9 Å². The van der Waals surface area contributed by atoms with E-state index in [4.69, 9.17) is 5.11 Å². The van der Waals surface area contributed by atoms with E-state index in [1.54, 1.807) is 0 Å². The Hall–Kier alpha value is -2.20. The molecule has 1 rings (SSSR count). The molecule has 5 nitrogen and oxygen atoms in total. The molecule has 11 heteroatoms. The van der Waals surface area contributed by atoms with E-state index in [2.05, 4.69) is 4.74 Å². The lowest BCUT2D eigenvalue weighted by molar-refractivity contribution is -0.277. The topological polar surface area (TPSA) is 79.4 Å². The van der Waals surface area contributed by atoms with Crippen LogP contribution in [0.15, 0.2) is 11.0 Å². The van der Waals surface area contributed by atoms with E-state index in [-0.39, 0.29) is 6.20 Å². The van der Waals surface area contributed by atoms with Gasteiger partial charge in [-0.25, -0.2) is 4.79 Å². The summed E-state index contributed by atoms with van der Waals surface area (Å²) in [5.74, 6) is -4.16. The number of carboxylic acids is 1. The van der Waals surface area contributed by atoms with Crippen molar-refractivity contribution in [3.05, 3.63) is 27.7 Å². The quantitative estimate of drug-likeness (QED) is 0.817. The zero-order valence-corrected chi connectivity index (χ0v) is 8.52. The number of halogens is 6. The third kappa shape index (κ3) is 3.39. The van der Waals surface area contributed by atoms with Gasteiger partial charge in [0.1, 0.15) is 5.56 Å². The van der Waals surface area contributed by atoms with Crippen LogP contribution >= 0.6 is 0 Å². The summed E-state index contributed by atoms with van der Waals surface area (Å²) in [6.45, 7) is 0. The first-order valence-corrected chi connectivity index (χ1v) is 4.25. The summed E-state index contributed by atoms with van der Waals surface area (Å²) in [5, 5.41) is 8.44. The zero-order valence-electron chi connectivity index (χ0n) is 8.52. The van der Waals surface area contributed by atoms with E-state index in [1.165, 1.54) is 4.98 Å². The van der Waals surface area contributed by atoms with Crippen LogP contribution in [-0.4, -0.2) is 22.4 Å². The third-order valence-electron chi connectivity index (χ3n) is 1.77. The van der Waals surface area contributed by atoms with Gasteiger partial charge in [-0.05, 0) is 0 Å². The van der Waals surface area contributed by atoms with E-state index < -0.39 is 40.9 Å². The minimum Gasteiger partial charge on any atom is -0.477 e. The van der Waals surface area contributed by atoms with Crippen molar-refractivity contribution in [3.63, 3.8) is 0 Å². The first kappa shape index (κ1) is 14.9. The SMILES string of the molecule is O=C(O)c1c[nH]c(C(F)(F)F)c(OC(F)(F)F)c1=O. The lowest BCUT2D eigenvalue weighted by Crippen LogP contribution is -2.28. The number of carbonyl (C=O) groups is 1. The van der Waals surface area contributed by atoms with Gasteiger partial charge in [-0.1, -0.05) is 0 Å². The summed E-state index contributed by atoms with van der Waals surface area (Å²) < 4.78 is 75.9. The van der Waals surface area contributed by atoms with Gasteiger partial charge in [0.05, 0.1) is 0 Å². The number of aromatic amines is 1. The average Bonchev–Trinajstić information content (AvgIpc) is 2.16. The molecule has 0 bridgehead atoms. The van der Waals surface area contributed by atoms with E-state index in [1.807, 2.05) is 0 Å². The lowest BCUT2D eigenvalue weighted by Gasteiger charge is -2.14. The molecule has 0 amide bonds. The van der Waals surface area contributed by atoms with Crippen LogP contribution in [0, 0.1) is 0 Å². The largest absolute Gasteiger partial charge is 0.573 e. The van der Waals surface area contributed by atoms with E-state index in [0.717, 1.165) is 0 Å². The molecule has 0 atom stereocenters. The van der Waals surface area contributed by atoms with Crippen LogP contribution in [0.5, 0.6) is 5.75 Å².